The second-order valence-electron chi connectivity index (χ2n) is 4.25. The topological polar surface area (TPSA) is 58.6 Å². The molecule has 1 atom stereocenters. The van der Waals surface area contributed by atoms with Crippen molar-refractivity contribution in [2.75, 3.05) is 11.9 Å². The number of halogens is 1. The van der Waals surface area contributed by atoms with Gasteiger partial charge in [0.25, 0.3) is 0 Å². The Morgan fingerprint density at radius 2 is 2.32 bits per heavy atom. The lowest BCUT2D eigenvalue weighted by Crippen LogP contribution is -2.48. The normalized spacial score (nSPS) is 15.5. The van der Waals surface area contributed by atoms with Gasteiger partial charge in [0.15, 0.2) is 0 Å². The van der Waals surface area contributed by atoms with Crippen LogP contribution in [0.2, 0.25) is 5.02 Å². The number of urea groups is 1. The number of esters is 1. The van der Waals surface area contributed by atoms with Gasteiger partial charge in [-0.15, -0.1) is 0 Å². The highest BCUT2D eigenvalue weighted by Gasteiger charge is 2.31. The molecule has 1 N–H and O–H groups in total. The molecule has 5 nitrogen and oxygen atoms in total. The predicted molar refractivity (Wildman–Crippen MR) is 72.1 cm³/mol. The van der Waals surface area contributed by atoms with Gasteiger partial charge in [0.2, 0.25) is 0 Å². The average molecular weight is 283 g/mol. The molecule has 1 aromatic rings. The molecule has 6 heteroatoms. The van der Waals surface area contributed by atoms with Crippen LogP contribution in [0.5, 0.6) is 0 Å². The van der Waals surface area contributed by atoms with Gasteiger partial charge in [-0.1, -0.05) is 17.7 Å². The fourth-order valence-corrected chi connectivity index (χ4v) is 2.20. The van der Waals surface area contributed by atoms with E-state index in [1.807, 2.05) is 0 Å². The molecule has 19 heavy (non-hydrogen) atoms. The number of carbonyl (C=O) groups is 2. The van der Waals surface area contributed by atoms with E-state index in [4.69, 9.17) is 16.3 Å². The van der Waals surface area contributed by atoms with E-state index in [-0.39, 0.29) is 12.6 Å². The van der Waals surface area contributed by atoms with Gasteiger partial charge in [0, 0.05) is 16.3 Å². The van der Waals surface area contributed by atoms with Crippen LogP contribution in [0.25, 0.3) is 0 Å². The minimum atomic E-state index is -0.649. The summed E-state index contributed by atoms with van der Waals surface area (Å²) < 4.78 is 4.93. The fourth-order valence-electron chi connectivity index (χ4n) is 1.97. The highest BCUT2D eigenvalue weighted by molar-refractivity contribution is 6.32. The van der Waals surface area contributed by atoms with E-state index >= 15 is 0 Å². The van der Waals surface area contributed by atoms with Crippen LogP contribution in [0.1, 0.15) is 19.4 Å². The van der Waals surface area contributed by atoms with E-state index in [2.05, 4.69) is 5.32 Å². The maximum Gasteiger partial charge on any atom is 0.328 e. The maximum absolute atomic E-state index is 12.0. The fraction of sp³-hybridized carbons (Fsp3) is 0.385. The summed E-state index contributed by atoms with van der Waals surface area (Å²) in [6.07, 6.45) is 0. The molecule has 0 fully saturated rings. The number of carbonyl (C=O) groups excluding carboxylic acids is 2. The average Bonchev–Trinajstić information content (AvgIpc) is 2.38. The summed E-state index contributed by atoms with van der Waals surface area (Å²) >= 11 is 6.11. The first-order chi connectivity index (χ1) is 9.04. The van der Waals surface area contributed by atoms with Crippen LogP contribution < -0.4 is 5.32 Å². The molecule has 2 amide bonds. The molecule has 0 saturated heterocycles. The third-order valence-corrected chi connectivity index (χ3v) is 3.40. The summed E-state index contributed by atoms with van der Waals surface area (Å²) in [5.41, 5.74) is 1.49. The Morgan fingerprint density at radius 1 is 1.58 bits per heavy atom. The summed E-state index contributed by atoms with van der Waals surface area (Å²) in [6, 6.07) is 4.34. The van der Waals surface area contributed by atoms with E-state index in [1.165, 1.54) is 4.90 Å². The number of rotatable bonds is 3. The molecule has 0 radical (unpaired) electrons. The lowest BCUT2D eigenvalue weighted by molar-refractivity contribution is -0.147. The van der Waals surface area contributed by atoms with Crippen LogP contribution in [0, 0.1) is 0 Å². The predicted octanol–water partition coefficient (Wildman–Crippen LogP) is 2.64. The minimum absolute atomic E-state index is 0.288. The number of benzene rings is 1. The van der Waals surface area contributed by atoms with Crippen molar-refractivity contribution < 1.29 is 14.3 Å². The van der Waals surface area contributed by atoms with Crippen LogP contribution >= 0.6 is 11.6 Å². The molecule has 1 aliphatic rings. The Labute approximate surface area is 116 Å². The largest absolute Gasteiger partial charge is 0.464 e. The lowest BCUT2D eigenvalue weighted by atomic mass is 10.1. The zero-order valence-corrected chi connectivity index (χ0v) is 11.5. The first kappa shape index (κ1) is 13.7. The van der Waals surface area contributed by atoms with Crippen molar-refractivity contribution in [2.24, 2.45) is 0 Å². The molecule has 0 spiro atoms. The zero-order valence-electron chi connectivity index (χ0n) is 10.8. The molecule has 2 rings (SSSR count). The van der Waals surface area contributed by atoms with Crippen molar-refractivity contribution in [1.82, 2.24) is 4.90 Å². The van der Waals surface area contributed by atoms with Crippen LogP contribution in [-0.2, 0) is 16.1 Å². The Hall–Kier alpha value is -1.75. The van der Waals surface area contributed by atoms with Gasteiger partial charge in [0.1, 0.15) is 6.04 Å². The zero-order chi connectivity index (χ0) is 14.0. The number of fused-ring (bicyclic) bond motifs is 1. The minimum Gasteiger partial charge on any atom is -0.464 e. The Kier molecular flexibility index (Phi) is 3.95. The maximum atomic E-state index is 12.0. The van der Waals surface area contributed by atoms with Crippen LogP contribution in [-0.4, -0.2) is 29.5 Å². The van der Waals surface area contributed by atoms with Crippen molar-refractivity contribution in [2.45, 2.75) is 26.4 Å². The van der Waals surface area contributed by atoms with Crippen molar-refractivity contribution in [3.8, 4) is 0 Å². The first-order valence-electron chi connectivity index (χ1n) is 6.06. The number of ether oxygens (including phenoxy) is 1. The second kappa shape index (κ2) is 5.48. The van der Waals surface area contributed by atoms with Crippen molar-refractivity contribution in [3.63, 3.8) is 0 Å². The summed E-state index contributed by atoms with van der Waals surface area (Å²) in [5.74, 6) is -0.423. The van der Waals surface area contributed by atoms with Crippen LogP contribution in [0.15, 0.2) is 18.2 Å². The number of amides is 2. The van der Waals surface area contributed by atoms with Gasteiger partial charge in [0.05, 0.1) is 13.2 Å². The summed E-state index contributed by atoms with van der Waals surface area (Å²) in [7, 11) is 0. The molecule has 1 aromatic carbocycles. The monoisotopic (exact) mass is 282 g/mol. The summed E-state index contributed by atoms with van der Waals surface area (Å²) in [4.78, 5) is 25.1. The SMILES string of the molecule is CCOC(=O)C(C)N1Cc2c(Cl)cccc2NC1=O. The van der Waals surface area contributed by atoms with E-state index in [9.17, 15) is 9.59 Å². The van der Waals surface area contributed by atoms with E-state index in [0.717, 1.165) is 5.56 Å². The van der Waals surface area contributed by atoms with Gasteiger partial charge in [-0.3, -0.25) is 0 Å². The Morgan fingerprint density at radius 3 is 3.00 bits per heavy atom. The van der Waals surface area contributed by atoms with Crippen LogP contribution in [0.4, 0.5) is 10.5 Å². The summed E-state index contributed by atoms with van der Waals surface area (Å²) in [5, 5.41) is 3.29. The van der Waals surface area contributed by atoms with Gasteiger partial charge in [-0.2, -0.15) is 0 Å². The highest BCUT2D eigenvalue weighted by Crippen LogP contribution is 2.30. The van der Waals surface area contributed by atoms with Gasteiger partial charge in [-0.25, -0.2) is 9.59 Å². The number of hydrogen-bond acceptors (Lipinski definition) is 3. The molecule has 102 valence electrons. The van der Waals surface area contributed by atoms with E-state index in [1.54, 1.807) is 32.0 Å². The molecule has 1 heterocycles. The van der Waals surface area contributed by atoms with Crippen LogP contribution in [0.3, 0.4) is 0 Å². The Balaban J connectivity index is 2.23. The number of hydrogen-bond donors (Lipinski definition) is 1. The smallest absolute Gasteiger partial charge is 0.328 e. The van der Waals surface area contributed by atoms with E-state index in [0.29, 0.717) is 17.3 Å². The second-order valence-corrected chi connectivity index (χ2v) is 4.66. The third kappa shape index (κ3) is 2.66. The lowest BCUT2D eigenvalue weighted by Gasteiger charge is -2.33. The molecule has 1 unspecified atom stereocenters. The van der Waals surface area contributed by atoms with Gasteiger partial charge < -0.3 is 15.0 Å². The molecule has 1 aliphatic heterocycles. The molecular formula is C13H15ClN2O3. The number of nitrogens with zero attached hydrogens (tertiary/aromatic N) is 1. The molecule has 0 aromatic heterocycles. The standard InChI is InChI=1S/C13H15ClN2O3/c1-3-19-12(17)8(2)16-7-9-10(14)5-4-6-11(9)15-13(16)18/h4-6,8H,3,7H2,1-2H3,(H,15,18). The van der Waals surface area contributed by atoms with Crippen molar-refractivity contribution in [1.29, 1.82) is 0 Å². The quantitative estimate of drug-likeness (QED) is 0.867. The molecular weight excluding hydrogens is 268 g/mol. The van der Waals surface area contributed by atoms with Gasteiger partial charge in [-0.05, 0) is 26.0 Å². The van der Waals surface area contributed by atoms with Crippen molar-refractivity contribution in [3.05, 3.63) is 28.8 Å². The third-order valence-electron chi connectivity index (χ3n) is 3.04. The van der Waals surface area contributed by atoms with Gasteiger partial charge >= 0.3 is 12.0 Å². The summed E-state index contributed by atoms with van der Waals surface area (Å²) in [6.45, 7) is 3.95. The molecule has 0 saturated carbocycles. The van der Waals surface area contributed by atoms with E-state index < -0.39 is 12.0 Å². The number of anilines is 1. The Bertz CT molecular complexity index is 519. The van der Waals surface area contributed by atoms with Crippen molar-refractivity contribution >= 4 is 29.3 Å². The first-order valence-corrected chi connectivity index (χ1v) is 6.44. The molecule has 0 bridgehead atoms. The molecule has 0 aliphatic carbocycles. The highest BCUT2D eigenvalue weighted by atomic mass is 35.5. The number of nitrogens with one attached hydrogen (secondary N) is 1.